The molecule has 0 aliphatic carbocycles. The highest BCUT2D eigenvalue weighted by atomic mass is 16.7. The van der Waals surface area contributed by atoms with Gasteiger partial charge in [-0.05, 0) is 33.2 Å². The molecule has 2 unspecified atom stereocenters. The summed E-state index contributed by atoms with van der Waals surface area (Å²) in [6.07, 6.45) is 2.85. The van der Waals surface area contributed by atoms with Crippen molar-refractivity contribution in [2.45, 2.75) is 38.6 Å². The van der Waals surface area contributed by atoms with Crippen LogP contribution >= 0.6 is 0 Å². The Morgan fingerprint density at radius 3 is 2.77 bits per heavy atom. The van der Waals surface area contributed by atoms with E-state index in [1.54, 1.807) is 0 Å². The van der Waals surface area contributed by atoms with E-state index in [-0.39, 0.29) is 5.79 Å². The van der Waals surface area contributed by atoms with Crippen LogP contribution in [0.5, 0.6) is 0 Å². The van der Waals surface area contributed by atoms with Crippen molar-refractivity contribution in [3.8, 4) is 0 Å². The Kier molecular flexibility index (Phi) is 2.58. The fraction of sp³-hybridized carbons (Fsp3) is 1.00. The Bertz CT molecular complexity index is 176. The highest BCUT2D eigenvalue weighted by molar-refractivity contribution is 4.81. The lowest BCUT2D eigenvalue weighted by molar-refractivity contribution is -0.145. The minimum atomic E-state index is -0.359. The summed E-state index contributed by atoms with van der Waals surface area (Å²) in [6, 6.07) is 0. The largest absolute Gasteiger partial charge is 0.348 e. The molecular formula is C10H19NO2. The first-order valence-electron chi connectivity index (χ1n) is 5.20. The van der Waals surface area contributed by atoms with Crippen LogP contribution in [0.3, 0.4) is 0 Å². The average Bonchev–Trinajstić information content (AvgIpc) is 2.48. The molecule has 0 bridgehead atoms. The first-order valence-corrected chi connectivity index (χ1v) is 5.20. The summed E-state index contributed by atoms with van der Waals surface area (Å²) in [4.78, 5) is 0. The molecule has 0 aromatic rings. The van der Waals surface area contributed by atoms with Crippen LogP contribution in [0.1, 0.15) is 26.7 Å². The number of piperidine rings is 1. The van der Waals surface area contributed by atoms with Crippen LogP contribution in [0.15, 0.2) is 0 Å². The molecule has 2 aliphatic rings. The maximum atomic E-state index is 5.83. The first kappa shape index (κ1) is 9.44. The highest BCUT2D eigenvalue weighted by Gasteiger charge is 2.37. The monoisotopic (exact) mass is 185 g/mol. The van der Waals surface area contributed by atoms with Crippen molar-refractivity contribution in [2.75, 3.05) is 19.7 Å². The van der Waals surface area contributed by atoms with E-state index in [4.69, 9.17) is 9.47 Å². The molecule has 1 N–H and O–H groups in total. The summed E-state index contributed by atoms with van der Waals surface area (Å²) < 4.78 is 11.4. The summed E-state index contributed by atoms with van der Waals surface area (Å²) >= 11 is 0. The number of nitrogens with one attached hydrogen (secondary N) is 1. The van der Waals surface area contributed by atoms with E-state index < -0.39 is 0 Å². The molecule has 76 valence electrons. The normalized spacial score (nSPS) is 39.2. The topological polar surface area (TPSA) is 30.5 Å². The van der Waals surface area contributed by atoms with Crippen LogP contribution in [0.25, 0.3) is 0 Å². The quantitative estimate of drug-likeness (QED) is 0.664. The molecule has 3 heteroatoms. The van der Waals surface area contributed by atoms with Gasteiger partial charge >= 0.3 is 0 Å². The average molecular weight is 185 g/mol. The first-order chi connectivity index (χ1) is 6.17. The molecule has 2 saturated heterocycles. The minimum Gasteiger partial charge on any atom is -0.348 e. The second kappa shape index (κ2) is 3.56. The summed E-state index contributed by atoms with van der Waals surface area (Å²) in [6.45, 7) is 6.99. The number of rotatable bonds is 1. The number of hydrogen-bond acceptors (Lipinski definition) is 3. The van der Waals surface area contributed by atoms with E-state index in [1.807, 2.05) is 13.8 Å². The lowest BCUT2D eigenvalue weighted by Gasteiger charge is -2.27. The van der Waals surface area contributed by atoms with Crippen molar-refractivity contribution in [1.82, 2.24) is 5.32 Å². The Morgan fingerprint density at radius 2 is 2.23 bits per heavy atom. The lowest BCUT2D eigenvalue weighted by Crippen LogP contribution is -2.38. The van der Waals surface area contributed by atoms with Gasteiger partial charge in [-0.15, -0.1) is 0 Å². The summed E-state index contributed by atoms with van der Waals surface area (Å²) in [5.74, 6) is 0.290. The van der Waals surface area contributed by atoms with Gasteiger partial charge in [-0.3, -0.25) is 0 Å². The van der Waals surface area contributed by atoms with Gasteiger partial charge in [0.05, 0.1) is 12.7 Å². The fourth-order valence-electron chi connectivity index (χ4n) is 2.14. The van der Waals surface area contributed by atoms with E-state index >= 15 is 0 Å². The predicted octanol–water partition coefficient (Wildman–Crippen LogP) is 1.14. The van der Waals surface area contributed by atoms with Crippen LogP contribution in [0.2, 0.25) is 0 Å². The van der Waals surface area contributed by atoms with Crippen molar-refractivity contribution in [1.29, 1.82) is 0 Å². The van der Waals surface area contributed by atoms with E-state index in [0.717, 1.165) is 19.7 Å². The maximum absolute atomic E-state index is 5.83. The molecule has 3 nitrogen and oxygen atoms in total. The Morgan fingerprint density at radius 1 is 1.38 bits per heavy atom. The molecule has 2 aliphatic heterocycles. The third-order valence-electron chi connectivity index (χ3n) is 2.89. The van der Waals surface area contributed by atoms with E-state index in [2.05, 4.69) is 5.32 Å². The Labute approximate surface area is 79.8 Å². The third kappa shape index (κ3) is 2.22. The van der Waals surface area contributed by atoms with Crippen LogP contribution in [-0.4, -0.2) is 31.6 Å². The lowest BCUT2D eigenvalue weighted by atomic mass is 9.94. The smallest absolute Gasteiger partial charge is 0.163 e. The maximum Gasteiger partial charge on any atom is 0.163 e. The van der Waals surface area contributed by atoms with Gasteiger partial charge in [0.15, 0.2) is 5.79 Å². The molecule has 0 saturated carbocycles. The zero-order valence-corrected chi connectivity index (χ0v) is 8.51. The minimum absolute atomic E-state index is 0.308. The van der Waals surface area contributed by atoms with E-state index in [9.17, 15) is 0 Å². The van der Waals surface area contributed by atoms with Crippen molar-refractivity contribution in [2.24, 2.45) is 5.92 Å². The third-order valence-corrected chi connectivity index (χ3v) is 2.89. The molecule has 0 radical (unpaired) electrons. The van der Waals surface area contributed by atoms with E-state index in [0.29, 0.717) is 12.0 Å². The van der Waals surface area contributed by atoms with Gasteiger partial charge in [0, 0.05) is 12.5 Å². The highest BCUT2D eigenvalue weighted by Crippen LogP contribution is 2.29. The standard InChI is InChI=1S/C10H19NO2/c1-10(2)12-7-9(13-10)8-4-3-5-11-6-8/h8-9,11H,3-7H2,1-2H3. The second-order valence-corrected chi connectivity index (χ2v) is 4.47. The van der Waals surface area contributed by atoms with Gasteiger partial charge in [0.1, 0.15) is 0 Å². The zero-order chi connectivity index (χ0) is 9.31. The number of hydrogen-bond donors (Lipinski definition) is 1. The van der Waals surface area contributed by atoms with Crippen LogP contribution in [-0.2, 0) is 9.47 Å². The summed E-state index contributed by atoms with van der Waals surface area (Å²) in [5.41, 5.74) is 0. The van der Waals surface area contributed by atoms with Crippen LogP contribution in [0, 0.1) is 5.92 Å². The van der Waals surface area contributed by atoms with Gasteiger partial charge in [0.2, 0.25) is 0 Å². The van der Waals surface area contributed by atoms with Gasteiger partial charge < -0.3 is 14.8 Å². The van der Waals surface area contributed by atoms with Gasteiger partial charge in [-0.2, -0.15) is 0 Å². The molecule has 0 amide bonds. The Hall–Kier alpha value is -0.120. The fourth-order valence-corrected chi connectivity index (χ4v) is 2.14. The number of ether oxygens (including phenoxy) is 2. The van der Waals surface area contributed by atoms with Crippen molar-refractivity contribution >= 4 is 0 Å². The van der Waals surface area contributed by atoms with Crippen molar-refractivity contribution in [3.63, 3.8) is 0 Å². The molecule has 0 aromatic heterocycles. The molecule has 13 heavy (non-hydrogen) atoms. The van der Waals surface area contributed by atoms with Crippen LogP contribution in [0.4, 0.5) is 0 Å². The van der Waals surface area contributed by atoms with Crippen molar-refractivity contribution in [3.05, 3.63) is 0 Å². The van der Waals surface area contributed by atoms with Gasteiger partial charge in [-0.1, -0.05) is 0 Å². The molecule has 0 aromatic carbocycles. The second-order valence-electron chi connectivity index (χ2n) is 4.47. The zero-order valence-electron chi connectivity index (χ0n) is 8.51. The molecule has 2 fully saturated rings. The molecular weight excluding hydrogens is 166 g/mol. The SMILES string of the molecule is CC1(C)OCC(C2CCCNC2)O1. The van der Waals surface area contributed by atoms with Crippen molar-refractivity contribution < 1.29 is 9.47 Å². The predicted molar refractivity (Wildman–Crippen MR) is 50.5 cm³/mol. The molecule has 2 atom stereocenters. The Balaban J connectivity index is 1.87. The molecule has 0 spiro atoms. The van der Waals surface area contributed by atoms with E-state index in [1.165, 1.54) is 12.8 Å². The summed E-state index contributed by atoms with van der Waals surface area (Å²) in [7, 11) is 0. The summed E-state index contributed by atoms with van der Waals surface area (Å²) in [5, 5.41) is 3.40. The molecule has 2 heterocycles. The molecule has 2 rings (SSSR count). The van der Waals surface area contributed by atoms with Gasteiger partial charge in [-0.25, -0.2) is 0 Å². The van der Waals surface area contributed by atoms with Crippen LogP contribution < -0.4 is 5.32 Å². The van der Waals surface area contributed by atoms with Gasteiger partial charge in [0.25, 0.3) is 0 Å².